The number of rotatable bonds is 5. The molecule has 3 rings (SSSR count). The fourth-order valence-corrected chi connectivity index (χ4v) is 4.37. The highest BCUT2D eigenvalue weighted by molar-refractivity contribution is 7.80. The highest BCUT2D eigenvalue weighted by Crippen LogP contribution is 2.36. The van der Waals surface area contributed by atoms with Gasteiger partial charge in [0, 0.05) is 10.9 Å². The first-order chi connectivity index (χ1) is 12.2. The topological polar surface area (TPSA) is 50.4 Å². The lowest BCUT2D eigenvalue weighted by Gasteiger charge is -2.15. The van der Waals surface area contributed by atoms with Gasteiger partial charge in [-0.25, -0.2) is 4.79 Å². The van der Waals surface area contributed by atoms with Gasteiger partial charge in [0.05, 0.1) is 12.2 Å². The van der Waals surface area contributed by atoms with Crippen molar-refractivity contribution in [2.24, 2.45) is 0 Å². The first-order valence-corrected chi connectivity index (χ1v) is 9.83. The van der Waals surface area contributed by atoms with E-state index in [1.807, 2.05) is 43.3 Å². The Balaban J connectivity index is 1.81. The molecule has 0 bridgehead atoms. The van der Waals surface area contributed by atoms with Crippen molar-refractivity contribution in [3.05, 3.63) is 42.0 Å². The largest absolute Gasteiger partial charge is 0.462 e. The summed E-state index contributed by atoms with van der Waals surface area (Å²) < 4.78 is 5.20. The maximum absolute atomic E-state index is 12.3. The molecule has 2 N–H and O–H groups in total. The summed E-state index contributed by atoms with van der Waals surface area (Å²) in [6.45, 7) is 2.15. The summed E-state index contributed by atoms with van der Waals surface area (Å²) in [4.78, 5) is 13.3. The molecule has 1 aromatic carbocycles. The zero-order chi connectivity index (χ0) is 17.6. The Kier molecular flexibility index (Phi) is 6.04. The molecular weight excluding hydrogens is 352 g/mol. The third-order valence-corrected chi connectivity index (χ3v) is 5.52. The van der Waals surface area contributed by atoms with Crippen molar-refractivity contribution >= 4 is 39.6 Å². The molecule has 0 atom stereocenters. The molecule has 0 radical (unpaired) electrons. The number of hydrogen-bond acceptors (Lipinski definition) is 4. The van der Waals surface area contributed by atoms with E-state index in [1.165, 1.54) is 24.2 Å². The van der Waals surface area contributed by atoms with Crippen LogP contribution in [-0.4, -0.2) is 23.7 Å². The van der Waals surface area contributed by atoms with Gasteiger partial charge >= 0.3 is 5.97 Å². The number of anilines is 1. The SMILES string of the molecule is CCOC(=O)c1cc(-c2ccccc2)sc1NC(=S)NC1CCCC1. The quantitative estimate of drug-likeness (QED) is 0.580. The highest BCUT2D eigenvalue weighted by Gasteiger charge is 2.20. The second-order valence-electron chi connectivity index (χ2n) is 6.02. The van der Waals surface area contributed by atoms with Crippen LogP contribution in [0.3, 0.4) is 0 Å². The first kappa shape index (κ1) is 17.9. The fourth-order valence-electron chi connectivity index (χ4n) is 2.98. The van der Waals surface area contributed by atoms with Gasteiger partial charge in [-0.2, -0.15) is 0 Å². The Morgan fingerprint density at radius 2 is 2.00 bits per heavy atom. The van der Waals surface area contributed by atoms with Crippen molar-refractivity contribution < 1.29 is 9.53 Å². The van der Waals surface area contributed by atoms with Crippen LogP contribution in [0.2, 0.25) is 0 Å². The molecule has 1 aliphatic carbocycles. The van der Waals surface area contributed by atoms with Gasteiger partial charge in [-0.1, -0.05) is 43.2 Å². The molecule has 1 fully saturated rings. The van der Waals surface area contributed by atoms with Gasteiger partial charge in [-0.15, -0.1) is 11.3 Å². The van der Waals surface area contributed by atoms with E-state index in [0.717, 1.165) is 28.3 Å². The molecule has 6 heteroatoms. The van der Waals surface area contributed by atoms with Crippen molar-refractivity contribution in [1.82, 2.24) is 5.32 Å². The summed E-state index contributed by atoms with van der Waals surface area (Å²) in [6.07, 6.45) is 4.77. The number of ether oxygens (including phenoxy) is 1. The van der Waals surface area contributed by atoms with Gasteiger partial charge in [0.15, 0.2) is 5.11 Å². The van der Waals surface area contributed by atoms with Crippen LogP contribution in [0, 0.1) is 0 Å². The Labute approximate surface area is 157 Å². The average Bonchev–Trinajstić information content (AvgIpc) is 3.26. The normalized spacial score (nSPS) is 14.3. The molecule has 4 nitrogen and oxygen atoms in total. The highest BCUT2D eigenvalue weighted by atomic mass is 32.1. The summed E-state index contributed by atoms with van der Waals surface area (Å²) in [7, 11) is 0. The van der Waals surface area contributed by atoms with Gasteiger partial charge in [0.25, 0.3) is 0 Å². The maximum atomic E-state index is 12.3. The van der Waals surface area contributed by atoms with Crippen molar-refractivity contribution in [1.29, 1.82) is 0 Å². The Hall–Kier alpha value is -1.92. The lowest BCUT2D eigenvalue weighted by molar-refractivity contribution is 0.0528. The van der Waals surface area contributed by atoms with Crippen molar-refractivity contribution in [3.8, 4) is 10.4 Å². The number of thiocarbonyl (C=S) groups is 1. The number of carbonyl (C=O) groups excluding carboxylic acids is 1. The summed E-state index contributed by atoms with van der Waals surface area (Å²) in [5.74, 6) is -0.327. The van der Waals surface area contributed by atoms with E-state index in [1.54, 1.807) is 0 Å². The fraction of sp³-hybridized carbons (Fsp3) is 0.368. The lowest BCUT2D eigenvalue weighted by Crippen LogP contribution is -2.36. The van der Waals surface area contributed by atoms with Crippen LogP contribution in [0.15, 0.2) is 36.4 Å². The van der Waals surface area contributed by atoms with Crippen LogP contribution in [0.4, 0.5) is 5.00 Å². The second kappa shape index (κ2) is 8.45. The van der Waals surface area contributed by atoms with E-state index in [9.17, 15) is 4.79 Å². The number of benzene rings is 1. The molecule has 25 heavy (non-hydrogen) atoms. The predicted octanol–water partition coefficient (Wildman–Crippen LogP) is 4.82. The van der Waals surface area contributed by atoms with Gasteiger partial charge in [-0.3, -0.25) is 0 Å². The molecule has 2 aromatic rings. The maximum Gasteiger partial charge on any atom is 0.341 e. The molecule has 0 spiro atoms. The molecular formula is C19H22N2O2S2. The monoisotopic (exact) mass is 374 g/mol. The van der Waals surface area contributed by atoms with Crippen LogP contribution in [0.25, 0.3) is 10.4 Å². The molecule has 0 aliphatic heterocycles. The minimum Gasteiger partial charge on any atom is -0.462 e. The Morgan fingerprint density at radius 3 is 2.68 bits per heavy atom. The van der Waals surface area contributed by atoms with E-state index in [0.29, 0.717) is 23.3 Å². The summed E-state index contributed by atoms with van der Waals surface area (Å²) in [5.41, 5.74) is 1.60. The molecule has 1 aromatic heterocycles. The van der Waals surface area contributed by atoms with Crippen LogP contribution < -0.4 is 10.6 Å². The molecule has 0 saturated heterocycles. The first-order valence-electron chi connectivity index (χ1n) is 8.61. The van der Waals surface area contributed by atoms with Gasteiger partial charge in [0.1, 0.15) is 5.00 Å². The number of nitrogens with one attached hydrogen (secondary N) is 2. The van der Waals surface area contributed by atoms with E-state index in [-0.39, 0.29) is 5.97 Å². The number of esters is 1. The standard InChI is InChI=1S/C19H22N2O2S2/c1-2-23-18(22)15-12-16(13-8-4-3-5-9-13)25-17(15)21-19(24)20-14-10-6-7-11-14/h3-5,8-9,12,14H,2,6-7,10-11H2,1H3,(H2,20,21,24). The smallest absolute Gasteiger partial charge is 0.341 e. The molecule has 0 amide bonds. The van der Waals surface area contributed by atoms with Crippen molar-refractivity contribution in [2.45, 2.75) is 38.6 Å². The number of hydrogen-bond donors (Lipinski definition) is 2. The van der Waals surface area contributed by atoms with E-state index in [4.69, 9.17) is 17.0 Å². The minimum absolute atomic E-state index is 0.327. The van der Waals surface area contributed by atoms with Crippen molar-refractivity contribution in [3.63, 3.8) is 0 Å². The summed E-state index contributed by atoms with van der Waals surface area (Å²) >= 11 is 6.96. The summed E-state index contributed by atoms with van der Waals surface area (Å²) in [6, 6.07) is 12.3. The molecule has 1 saturated carbocycles. The van der Waals surface area contributed by atoms with Crippen molar-refractivity contribution in [2.75, 3.05) is 11.9 Å². The van der Waals surface area contributed by atoms with Gasteiger partial charge < -0.3 is 15.4 Å². The van der Waals surface area contributed by atoms with Crippen LogP contribution in [0.5, 0.6) is 0 Å². The van der Waals surface area contributed by atoms with Gasteiger partial charge in [-0.05, 0) is 43.6 Å². The zero-order valence-electron chi connectivity index (χ0n) is 14.2. The third kappa shape index (κ3) is 4.58. The average molecular weight is 375 g/mol. The second-order valence-corrected chi connectivity index (χ2v) is 7.48. The number of carbonyl (C=O) groups is 1. The van der Waals surface area contributed by atoms with Crippen LogP contribution >= 0.6 is 23.6 Å². The Bertz CT molecular complexity index is 737. The predicted molar refractivity (Wildman–Crippen MR) is 107 cm³/mol. The Morgan fingerprint density at radius 1 is 1.28 bits per heavy atom. The van der Waals surface area contributed by atoms with Crippen LogP contribution in [-0.2, 0) is 4.74 Å². The van der Waals surface area contributed by atoms with Gasteiger partial charge in [0.2, 0.25) is 0 Å². The van der Waals surface area contributed by atoms with E-state index >= 15 is 0 Å². The molecule has 132 valence electrons. The van der Waals surface area contributed by atoms with Crippen LogP contribution in [0.1, 0.15) is 43.0 Å². The lowest BCUT2D eigenvalue weighted by atomic mass is 10.1. The van der Waals surface area contributed by atoms with E-state index < -0.39 is 0 Å². The zero-order valence-corrected chi connectivity index (χ0v) is 15.8. The molecule has 1 heterocycles. The molecule has 1 aliphatic rings. The summed E-state index contributed by atoms with van der Waals surface area (Å²) in [5, 5.41) is 7.85. The molecule has 0 unspecified atom stereocenters. The number of thiophene rings is 1. The third-order valence-electron chi connectivity index (χ3n) is 4.20. The van der Waals surface area contributed by atoms with E-state index in [2.05, 4.69) is 10.6 Å². The minimum atomic E-state index is -0.327.